The van der Waals surface area contributed by atoms with Gasteiger partial charge in [-0.1, -0.05) is 30.3 Å². The van der Waals surface area contributed by atoms with Crippen molar-refractivity contribution in [2.24, 2.45) is 0 Å². The number of rotatable bonds is 9. The fourth-order valence-electron chi connectivity index (χ4n) is 4.41. The molecule has 1 aliphatic carbocycles. The summed E-state index contributed by atoms with van der Waals surface area (Å²) < 4.78 is 11.9. The minimum atomic E-state index is -0.824. The van der Waals surface area contributed by atoms with Crippen molar-refractivity contribution in [3.8, 4) is 11.5 Å². The number of hydrogen-bond donors (Lipinski definition) is 1. The third kappa shape index (κ3) is 5.47. The number of nitrogens with zero attached hydrogens (tertiary/aromatic N) is 1. The lowest BCUT2D eigenvalue weighted by atomic mass is 9.85. The molecule has 4 rings (SSSR count). The van der Waals surface area contributed by atoms with E-state index in [1.165, 1.54) is 18.4 Å². The SMILES string of the molecule is COc1ccc(C(Cc2ccncc2)c2ccc(CC(=O)O)cc2)cc1OC1CCCC1. The van der Waals surface area contributed by atoms with Gasteiger partial charge >= 0.3 is 5.97 Å². The van der Waals surface area contributed by atoms with E-state index < -0.39 is 5.97 Å². The number of benzene rings is 2. The zero-order valence-corrected chi connectivity index (χ0v) is 18.4. The Labute approximate surface area is 189 Å². The second kappa shape index (κ2) is 10.3. The molecule has 1 saturated carbocycles. The van der Waals surface area contributed by atoms with Crippen LogP contribution in [0.5, 0.6) is 11.5 Å². The van der Waals surface area contributed by atoms with Crippen LogP contribution >= 0.6 is 0 Å². The van der Waals surface area contributed by atoms with Crippen LogP contribution in [-0.4, -0.2) is 29.3 Å². The highest BCUT2D eigenvalue weighted by molar-refractivity contribution is 5.70. The largest absolute Gasteiger partial charge is 0.493 e. The molecule has 5 nitrogen and oxygen atoms in total. The molecule has 0 aliphatic heterocycles. The fraction of sp³-hybridized carbons (Fsp3) is 0.333. The summed E-state index contributed by atoms with van der Waals surface area (Å²) in [5, 5.41) is 9.08. The topological polar surface area (TPSA) is 68.7 Å². The molecule has 0 saturated heterocycles. The van der Waals surface area contributed by atoms with Crippen molar-refractivity contribution in [1.82, 2.24) is 4.98 Å². The van der Waals surface area contributed by atoms with E-state index in [0.29, 0.717) is 0 Å². The minimum absolute atomic E-state index is 0.0250. The van der Waals surface area contributed by atoms with Crippen LogP contribution in [0.25, 0.3) is 0 Å². The Morgan fingerprint density at radius 1 is 0.969 bits per heavy atom. The predicted octanol–water partition coefficient (Wildman–Crippen LogP) is 5.41. The van der Waals surface area contributed by atoms with Crippen molar-refractivity contribution in [3.63, 3.8) is 0 Å². The summed E-state index contributed by atoms with van der Waals surface area (Å²) in [4.78, 5) is 15.2. The summed E-state index contributed by atoms with van der Waals surface area (Å²) in [6.07, 6.45) is 9.27. The summed E-state index contributed by atoms with van der Waals surface area (Å²) in [6, 6.07) is 18.1. The Balaban J connectivity index is 1.68. The number of ether oxygens (including phenoxy) is 2. The lowest BCUT2D eigenvalue weighted by Crippen LogP contribution is -2.12. The molecular weight excluding hydrogens is 402 g/mol. The second-order valence-electron chi connectivity index (χ2n) is 8.36. The van der Waals surface area contributed by atoms with E-state index >= 15 is 0 Å². The molecule has 1 unspecified atom stereocenters. The maximum atomic E-state index is 11.1. The summed E-state index contributed by atoms with van der Waals surface area (Å²) in [5.74, 6) is 0.808. The predicted molar refractivity (Wildman–Crippen MR) is 123 cm³/mol. The lowest BCUT2D eigenvalue weighted by molar-refractivity contribution is -0.136. The number of aliphatic carboxylic acids is 1. The van der Waals surface area contributed by atoms with E-state index in [9.17, 15) is 4.79 Å². The molecule has 1 aliphatic rings. The Morgan fingerprint density at radius 2 is 1.66 bits per heavy atom. The van der Waals surface area contributed by atoms with Gasteiger partial charge < -0.3 is 14.6 Å². The van der Waals surface area contributed by atoms with Gasteiger partial charge in [0.2, 0.25) is 0 Å². The van der Waals surface area contributed by atoms with E-state index in [1.54, 1.807) is 7.11 Å². The average Bonchev–Trinajstić information content (AvgIpc) is 3.32. The normalized spacial score (nSPS) is 14.8. The molecule has 5 heteroatoms. The third-order valence-electron chi connectivity index (χ3n) is 6.11. The molecule has 0 spiro atoms. The van der Waals surface area contributed by atoms with E-state index in [4.69, 9.17) is 14.6 Å². The number of methoxy groups -OCH3 is 1. The van der Waals surface area contributed by atoms with Crippen LogP contribution in [0.4, 0.5) is 0 Å². The van der Waals surface area contributed by atoms with Gasteiger partial charge in [-0.3, -0.25) is 9.78 Å². The highest BCUT2D eigenvalue weighted by Gasteiger charge is 2.21. The van der Waals surface area contributed by atoms with Crippen LogP contribution in [0, 0.1) is 0 Å². The van der Waals surface area contributed by atoms with E-state index in [0.717, 1.165) is 47.5 Å². The molecule has 2 aromatic carbocycles. The van der Waals surface area contributed by atoms with Crippen LogP contribution in [0.2, 0.25) is 0 Å². The first-order valence-corrected chi connectivity index (χ1v) is 11.2. The van der Waals surface area contributed by atoms with Gasteiger partial charge in [0.05, 0.1) is 19.6 Å². The van der Waals surface area contributed by atoms with Crippen molar-refractivity contribution in [2.45, 2.75) is 50.5 Å². The van der Waals surface area contributed by atoms with Crippen LogP contribution < -0.4 is 9.47 Å². The van der Waals surface area contributed by atoms with Gasteiger partial charge in [-0.2, -0.15) is 0 Å². The first kappa shape index (κ1) is 21.9. The molecule has 0 amide bonds. The van der Waals surface area contributed by atoms with Crippen molar-refractivity contribution >= 4 is 5.97 Å². The molecule has 1 N–H and O–H groups in total. The van der Waals surface area contributed by atoms with E-state index in [1.807, 2.05) is 54.9 Å². The second-order valence-corrected chi connectivity index (χ2v) is 8.36. The maximum Gasteiger partial charge on any atom is 0.307 e. The molecule has 0 bridgehead atoms. The number of pyridine rings is 1. The maximum absolute atomic E-state index is 11.1. The van der Waals surface area contributed by atoms with Gasteiger partial charge in [0.25, 0.3) is 0 Å². The molecule has 1 heterocycles. The average molecular weight is 432 g/mol. The number of aromatic nitrogens is 1. The van der Waals surface area contributed by atoms with Crippen LogP contribution in [0.15, 0.2) is 67.0 Å². The molecule has 1 aromatic heterocycles. The Bertz CT molecular complexity index is 1030. The first-order valence-electron chi connectivity index (χ1n) is 11.2. The summed E-state index contributed by atoms with van der Waals surface area (Å²) >= 11 is 0. The summed E-state index contributed by atoms with van der Waals surface area (Å²) in [5.41, 5.74) is 4.26. The Kier molecular flexibility index (Phi) is 7.05. The quantitative estimate of drug-likeness (QED) is 0.490. The van der Waals surface area contributed by atoms with E-state index in [-0.39, 0.29) is 18.4 Å². The van der Waals surface area contributed by atoms with E-state index in [2.05, 4.69) is 17.1 Å². The fourth-order valence-corrected chi connectivity index (χ4v) is 4.41. The van der Waals surface area contributed by atoms with Crippen LogP contribution in [-0.2, 0) is 17.6 Å². The zero-order chi connectivity index (χ0) is 22.3. The van der Waals surface area contributed by atoms with Crippen LogP contribution in [0.1, 0.15) is 53.9 Å². The third-order valence-corrected chi connectivity index (χ3v) is 6.11. The smallest absolute Gasteiger partial charge is 0.307 e. The highest BCUT2D eigenvalue weighted by Crippen LogP contribution is 2.37. The van der Waals surface area contributed by atoms with Gasteiger partial charge in [0, 0.05) is 18.3 Å². The van der Waals surface area contributed by atoms with Gasteiger partial charge in [0.15, 0.2) is 11.5 Å². The molecule has 0 radical (unpaired) electrons. The summed E-state index contributed by atoms with van der Waals surface area (Å²) in [7, 11) is 1.67. The van der Waals surface area contributed by atoms with Crippen molar-refractivity contribution in [2.75, 3.05) is 7.11 Å². The summed E-state index contributed by atoms with van der Waals surface area (Å²) in [6.45, 7) is 0. The standard InChI is InChI=1S/C27H29NO4/c1-31-25-11-10-22(18-26(25)32-23-4-2-3-5-23)24(16-20-12-14-28-15-13-20)21-8-6-19(7-9-21)17-27(29)30/h6-15,18,23-24H,2-5,16-17H2,1H3,(H,29,30). The van der Waals surface area contributed by atoms with Crippen molar-refractivity contribution < 1.29 is 19.4 Å². The molecule has 1 fully saturated rings. The molecular formula is C27H29NO4. The molecule has 3 aromatic rings. The Morgan fingerprint density at radius 3 is 2.31 bits per heavy atom. The number of hydrogen-bond acceptors (Lipinski definition) is 4. The molecule has 166 valence electrons. The number of carbonyl (C=O) groups is 1. The molecule has 1 atom stereocenters. The number of carboxylic acid groups (broad SMARTS) is 1. The first-order chi connectivity index (χ1) is 15.6. The molecule has 32 heavy (non-hydrogen) atoms. The van der Waals surface area contributed by atoms with Crippen molar-refractivity contribution in [3.05, 3.63) is 89.2 Å². The highest BCUT2D eigenvalue weighted by atomic mass is 16.5. The van der Waals surface area contributed by atoms with Crippen molar-refractivity contribution in [1.29, 1.82) is 0 Å². The van der Waals surface area contributed by atoms with Gasteiger partial charge in [-0.15, -0.1) is 0 Å². The van der Waals surface area contributed by atoms with Gasteiger partial charge in [-0.25, -0.2) is 0 Å². The lowest BCUT2D eigenvalue weighted by Gasteiger charge is -2.22. The van der Waals surface area contributed by atoms with Crippen LogP contribution in [0.3, 0.4) is 0 Å². The monoisotopic (exact) mass is 431 g/mol. The zero-order valence-electron chi connectivity index (χ0n) is 18.4. The van der Waals surface area contributed by atoms with Gasteiger partial charge in [0.1, 0.15) is 0 Å². The number of carboxylic acids is 1. The van der Waals surface area contributed by atoms with Gasteiger partial charge in [-0.05, 0) is 78.6 Å². The minimum Gasteiger partial charge on any atom is -0.493 e. The Hall–Kier alpha value is -3.34.